The van der Waals surface area contributed by atoms with Gasteiger partial charge in [0.25, 0.3) is 5.91 Å². The molecule has 2 aromatic carbocycles. The Bertz CT molecular complexity index is 1030. The Morgan fingerprint density at radius 1 is 1.10 bits per heavy atom. The number of carbonyl (C=O) groups is 2. The van der Waals surface area contributed by atoms with Crippen LogP contribution in [0.5, 0.6) is 5.75 Å². The van der Waals surface area contributed by atoms with E-state index in [1.807, 2.05) is 13.8 Å². The van der Waals surface area contributed by atoms with Crippen molar-refractivity contribution in [3.05, 3.63) is 64.7 Å². The lowest BCUT2D eigenvalue weighted by molar-refractivity contribution is -0.137. The molecule has 1 heterocycles. The quantitative estimate of drug-likeness (QED) is 0.557. The summed E-state index contributed by atoms with van der Waals surface area (Å²) in [6, 6.07) is 12.9. The van der Waals surface area contributed by atoms with Gasteiger partial charge < -0.3 is 9.64 Å². The molecule has 0 bridgehead atoms. The SMILES string of the molecule is CCC(C)N(C(=O)COc1ccc(C(=O)c2ccc(Cl)cc2)cc1)C1CCS(=O)(=O)C1. The Kier molecular flexibility index (Phi) is 7.38. The van der Waals surface area contributed by atoms with Gasteiger partial charge in [-0.2, -0.15) is 0 Å². The molecule has 31 heavy (non-hydrogen) atoms. The molecule has 1 aliphatic rings. The number of halogens is 1. The lowest BCUT2D eigenvalue weighted by Crippen LogP contribution is -2.48. The first-order chi connectivity index (χ1) is 14.7. The number of nitrogens with zero attached hydrogens (tertiary/aromatic N) is 1. The maximum absolute atomic E-state index is 12.8. The monoisotopic (exact) mass is 463 g/mol. The number of ketones is 1. The van der Waals surface area contributed by atoms with Crippen molar-refractivity contribution in [2.75, 3.05) is 18.1 Å². The predicted molar refractivity (Wildman–Crippen MR) is 120 cm³/mol. The third kappa shape index (κ3) is 5.86. The highest BCUT2D eigenvalue weighted by molar-refractivity contribution is 7.91. The van der Waals surface area contributed by atoms with E-state index < -0.39 is 9.84 Å². The van der Waals surface area contributed by atoms with E-state index >= 15 is 0 Å². The minimum absolute atomic E-state index is 0.00455. The summed E-state index contributed by atoms with van der Waals surface area (Å²) in [7, 11) is -3.10. The van der Waals surface area contributed by atoms with Crippen LogP contribution >= 0.6 is 11.6 Å². The molecule has 8 heteroatoms. The van der Waals surface area contributed by atoms with Crippen molar-refractivity contribution in [1.29, 1.82) is 0 Å². The van der Waals surface area contributed by atoms with Gasteiger partial charge >= 0.3 is 0 Å². The van der Waals surface area contributed by atoms with Crippen molar-refractivity contribution in [3.63, 3.8) is 0 Å². The minimum atomic E-state index is -3.10. The van der Waals surface area contributed by atoms with Crippen molar-refractivity contribution in [1.82, 2.24) is 4.90 Å². The number of benzene rings is 2. The van der Waals surface area contributed by atoms with E-state index in [1.54, 1.807) is 53.4 Å². The maximum Gasteiger partial charge on any atom is 0.261 e. The van der Waals surface area contributed by atoms with Crippen molar-refractivity contribution in [2.45, 2.75) is 38.8 Å². The van der Waals surface area contributed by atoms with Crippen LogP contribution in [0.3, 0.4) is 0 Å². The number of hydrogen-bond donors (Lipinski definition) is 0. The standard InChI is InChI=1S/C23H26ClNO5S/c1-3-16(2)25(20-12-13-31(28,29)15-20)22(26)14-30-21-10-6-18(7-11-21)23(27)17-4-8-19(24)9-5-17/h4-11,16,20H,3,12-15H2,1-2H3. The lowest BCUT2D eigenvalue weighted by atomic mass is 10.0. The Labute approximate surface area is 188 Å². The van der Waals surface area contributed by atoms with Gasteiger partial charge in [0.2, 0.25) is 0 Å². The van der Waals surface area contributed by atoms with Gasteiger partial charge in [-0.1, -0.05) is 18.5 Å². The van der Waals surface area contributed by atoms with E-state index in [0.29, 0.717) is 28.3 Å². The van der Waals surface area contributed by atoms with Gasteiger partial charge in [-0.3, -0.25) is 9.59 Å². The molecule has 0 aliphatic carbocycles. The Balaban J connectivity index is 1.63. The fourth-order valence-corrected chi connectivity index (χ4v) is 5.53. The van der Waals surface area contributed by atoms with Gasteiger partial charge in [0.05, 0.1) is 11.5 Å². The second-order valence-electron chi connectivity index (χ2n) is 7.76. The fraction of sp³-hybridized carbons (Fsp3) is 0.391. The molecule has 166 valence electrons. The average molecular weight is 464 g/mol. The van der Waals surface area contributed by atoms with Crippen LogP contribution in [0.1, 0.15) is 42.6 Å². The second-order valence-corrected chi connectivity index (χ2v) is 10.4. The van der Waals surface area contributed by atoms with Crippen LogP contribution in [0.4, 0.5) is 0 Å². The summed E-state index contributed by atoms with van der Waals surface area (Å²) in [5.41, 5.74) is 1.03. The Morgan fingerprint density at radius 3 is 2.19 bits per heavy atom. The number of ether oxygens (including phenoxy) is 1. The van der Waals surface area contributed by atoms with Crippen LogP contribution in [-0.4, -0.2) is 55.2 Å². The number of hydrogen-bond acceptors (Lipinski definition) is 5. The molecule has 6 nitrogen and oxygen atoms in total. The van der Waals surface area contributed by atoms with Crippen LogP contribution in [0.15, 0.2) is 48.5 Å². The normalized spacial score (nSPS) is 18.4. The van der Waals surface area contributed by atoms with Gasteiger partial charge in [0.1, 0.15) is 5.75 Å². The van der Waals surface area contributed by atoms with Crippen LogP contribution in [0.25, 0.3) is 0 Å². The molecule has 0 saturated carbocycles. The Hall–Kier alpha value is -2.38. The molecule has 2 aromatic rings. The fourth-order valence-electron chi connectivity index (χ4n) is 3.69. The van der Waals surface area contributed by atoms with Gasteiger partial charge in [-0.25, -0.2) is 8.42 Å². The number of rotatable bonds is 8. The zero-order chi connectivity index (χ0) is 22.6. The summed E-state index contributed by atoms with van der Waals surface area (Å²) in [5.74, 6) is 0.207. The number of amides is 1. The van der Waals surface area contributed by atoms with Crippen molar-refractivity contribution < 1.29 is 22.7 Å². The molecule has 3 rings (SSSR count). The highest BCUT2D eigenvalue weighted by Crippen LogP contribution is 2.22. The average Bonchev–Trinajstić information content (AvgIpc) is 3.11. The van der Waals surface area contributed by atoms with E-state index in [2.05, 4.69) is 0 Å². The maximum atomic E-state index is 12.8. The van der Waals surface area contributed by atoms with Crippen molar-refractivity contribution in [3.8, 4) is 5.75 Å². The molecule has 1 saturated heterocycles. The third-order valence-corrected chi connectivity index (χ3v) is 7.54. The molecule has 0 N–H and O–H groups in total. The molecular weight excluding hydrogens is 438 g/mol. The summed E-state index contributed by atoms with van der Waals surface area (Å²) in [6.07, 6.45) is 1.18. The summed E-state index contributed by atoms with van der Waals surface area (Å²) in [6.45, 7) is 3.69. The van der Waals surface area contributed by atoms with Gasteiger partial charge in [0, 0.05) is 28.2 Å². The van der Waals surface area contributed by atoms with E-state index in [1.165, 1.54) is 0 Å². The van der Waals surface area contributed by atoms with Crippen LogP contribution in [0, 0.1) is 0 Å². The van der Waals surface area contributed by atoms with Crippen LogP contribution in [0.2, 0.25) is 5.02 Å². The highest BCUT2D eigenvalue weighted by atomic mass is 35.5. The number of sulfone groups is 1. The van der Waals surface area contributed by atoms with E-state index in [4.69, 9.17) is 16.3 Å². The lowest BCUT2D eigenvalue weighted by Gasteiger charge is -2.33. The Morgan fingerprint density at radius 2 is 1.68 bits per heavy atom. The minimum Gasteiger partial charge on any atom is -0.484 e. The van der Waals surface area contributed by atoms with E-state index in [-0.39, 0.29) is 41.9 Å². The molecule has 0 aromatic heterocycles. The van der Waals surface area contributed by atoms with E-state index in [0.717, 1.165) is 6.42 Å². The molecule has 2 atom stereocenters. The summed E-state index contributed by atoms with van der Waals surface area (Å²) >= 11 is 5.86. The topological polar surface area (TPSA) is 80.8 Å². The van der Waals surface area contributed by atoms with Gasteiger partial charge in [0.15, 0.2) is 22.2 Å². The number of carbonyl (C=O) groups excluding carboxylic acids is 2. The smallest absolute Gasteiger partial charge is 0.261 e. The first-order valence-corrected chi connectivity index (χ1v) is 12.4. The predicted octanol–water partition coefficient (Wildman–Crippen LogP) is 3.76. The van der Waals surface area contributed by atoms with Crippen LogP contribution < -0.4 is 4.74 Å². The largest absolute Gasteiger partial charge is 0.484 e. The first-order valence-electron chi connectivity index (χ1n) is 10.2. The molecule has 0 radical (unpaired) electrons. The molecule has 2 unspecified atom stereocenters. The molecule has 0 spiro atoms. The van der Waals surface area contributed by atoms with Crippen molar-refractivity contribution >= 4 is 33.1 Å². The zero-order valence-corrected chi connectivity index (χ0v) is 19.2. The zero-order valence-electron chi connectivity index (χ0n) is 17.6. The summed E-state index contributed by atoms with van der Waals surface area (Å²) in [5, 5.41) is 0.562. The third-order valence-electron chi connectivity index (χ3n) is 5.54. The molecule has 1 aliphatic heterocycles. The van der Waals surface area contributed by atoms with Gasteiger partial charge in [-0.05, 0) is 68.3 Å². The van der Waals surface area contributed by atoms with E-state index in [9.17, 15) is 18.0 Å². The highest BCUT2D eigenvalue weighted by Gasteiger charge is 2.36. The van der Waals surface area contributed by atoms with Gasteiger partial charge in [-0.15, -0.1) is 0 Å². The molecule has 1 amide bonds. The van der Waals surface area contributed by atoms with Crippen molar-refractivity contribution in [2.24, 2.45) is 0 Å². The summed E-state index contributed by atoms with van der Waals surface area (Å²) < 4.78 is 29.4. The second kappa shape index (κ2) is 9.83. The first kappa shape index (κ1) is 23.3. The molecular formula is C23H26ClNO5S. The summed E-state index contributed by atoms with van der Waals surface area (Å²) in [4.78, 5) is 27.0. The van der Waals surface area contributed by atoms with Crippen LogP contribution in [-0.2, 0) is 14.6 Å². The molecule has 1 fully saturated rings.